The maximum absolute atomic E-state index is 14.4. The number of amides is 1. The van der Waals surface area contributed by atoms with Crippen LogP contribution in [0.15, 0.2) is 77.7 Å². The maximum Gasteiger partial charge on any atom is 0.247 e. The van der Waals surface area contributed by atoms with Crippen molar-refractivity contribution in [2.24, 2.45) is 0 Å². The van der Waals surface area contributed by atoms with E-state index >= 15 is 0 Å². The van der Waals surface area contributed by atoms with Crippen molar-refractivity contribution in [2.45, 2.75) is 30.4 Å². The van der Waals surface area contributed by atoms with Crippen LogP contribution in [0.25, 0.3) is 0 Å². The third-order valence-electron chi connectivity index (χ3n) is 5.53. The van der Waals surface area contributed by atoms with Crippen LogP contribution in [0.3, 0.4) is 0 Å². The molecule has 1 aliphatic rings. The first-order valence-electron chi connectivity index (χ1n) is 10.1. The number of rotatable bonds is 6. The number of halogens is 1. The number of benzene rings is 3. The van der Waals surface area contributed by atoms with Crippen molar-refractivity contribution in [2.75, 3.05) is 7.11 Å². The molecule has 0 aliphatic carbocycles. The average Bonchev–Trinajstić information content (AvgIpc) is 2.82. The molecule has 32 heavy (non-hydrogen) atoms. The van der Waals surface area contributed by atoms with E-state index < -0.39 is 32.7 Å². The van der Waals surface area contributed by atoms with Gasteiger partial charge in [0.2, 0.25) is 15.9 Å². The van der Waals surface area contributed by atoms with E-state index in [1.165, 1.54) is 18.2 Å². The molecule has 0 unspecified atom stereocenters. The van der Waals surface area contributed by atoms with E-state index in [2.05, 4.69) is 5.32 Å². The molecule has 3 aromatic carbocycles. The predicted molar refractivity (Wildman–Crippen MR) is 118 cm³/mol. The molecule has 0 aromatic heterocycles. The predicted octanol–water partition coefficient (Wildman–Crippen LogP) is 3.27. The lowest BCUT2D eigenvalue weighted by molar-refractivity contribution is -0.125. The van der Waals surface area contributed by atoms with E-state index in [4.69, 9.17) is 4.74 Å². The van der Waals surface area contributed by atoms with Gasteiger partial charge in [0, 0.05) is 13.1 Å². The molecule has 1 amide bonds. The maximum atomic E-state index is 14.4. The summed E-state index contributed by atoms with van der Waals surface area (Å²) in [6.07, 6.45) is 0.202. The van der Waals surface area contributed by atoms with E-state index in [9.17, 15) is 17.6 Å². The SMILES string of the molecule is COc1cccc(CNC(=O)[C@H]2Cc3ccccc3CN2S(=O)(=O)c2ccccc2F)c1. The molecule has 1 aliphatic heterocycles. The van der Waals surface area contributed by atoms with Gasteiger partial charge >= 0.3 is 0 Å². The summed E-state index contributed by atoms with van der Waals surface area (Å²) in [5.74, 6) is -0.628. The molecule has 0 saturated carbocycles. The van der Waals surface area contributed by atoms with Gasteiger partial charge in [-0.05, 0) is 47.4 Å². The smallest absolute Gasteiger partial charge is 0.247 e. The molecular weight excluding hydrogens is 431 g/mol. The summed E-state index contributed by atoms with van der Waals surface area (Å²) in [6, 6.07) is 18.8. The second-order valence-electron chi connectivity index (χ2n) is 7.54. The number of nitrogens with one attached hydrogen (secondary N) is 1. The Morgan fingerprint density at radius 3 is 2.53 bits per heavy atom. The number of carbonyl (C=O) groups excluding carboxylic acids is 1. The van der Waals surface area contributed by atoms with Gasteiger partial charge < -0.3 is 10.1 Å². The fourth-order valence-electron chi connectivity index (χ4n) is 3.84. The third-order valence-corrected chi connectivity index (χ3v) is 7.42. The lowest BCUT2D eigenvalue weighted by Crippen LogP contribution is -2.52. The summed E-state index contributed by atoms with van der Waals surface area (Å²) in [6.45, 7) is 0.200. The Kier molecular flexibility index (Phi) is 6.25. The Labute approximate surface area is 186 Å². The molecule has 6 nitrogen and oxygen atoms in total. The Hall–Kier alpha value is -3.23. The quantitative estimate of drug-likeness (QED) is 0.620. The first kappa shape index (κ1) is 22.0. The van der Waals surface area contributed by atoms with E-state index in [0.717, 1.165) is 27.1 Å². The first-order chi connectivity index (χ1) is 15.4. The lowest BCUT2D eigenvalue weighted by Gasteiger charge is -2.35. The molecular formula is C24H23FN2O4S. The van der Waals surface area contributed by atoms with Crippen LogP contribution in [-0.4, -0.2) is 31.8 Å². The van der Waals surface area contributed by atoms with Gasteiger partial charge in [-0.15, -0.1) is 0 Å². The second kappa shape index (κ2) is 9.10. The highest BCUT2D eigenvalue weighted by molar-refractivity contribution is 7.89. The van der Waals surface area contributed by atoms with Gasteiger partial charge in [-0.1, -0.05) is 48.5 Å². The molecule has 0 fully saturated rings. The van der Waals surface area contributed by atoms with E-state index in [1.54, 1.807) is 19.2 Å². The second-order valence-corrected chi connectivity index (χ2v) is 9.40. The van der Waals surface area contributed by atoms with Crippen molar-refractivity contribution in [1.29, 1.82) is 0 Å². The number of hydrogen-bond donors (Lipinski definition) is 1. The van der Waals surface area contributed by atoms with Gasteiger partial charge in [0.1, 0.15) is 22.5 Å². The minimum Gasteiger partial charge on any atom is -0.497 e. The minimum absolute atomic E-state index is 0.00983. The molecule has 1 atom stereocenters. The molecule has 166 valence electrons. The number of sulfonamides is 1. The zero-order valence-corrected chi connectivity index (χ0v) is 18.3. The van der Waals surface area contributed by atoms with Gasteiger partial charge in [0.15, 0.2) is 0 Å². The van der Waals surface area contributed by atoms with Crippen LogP contribution >= 0.6 is 0 Å². The number of carbonyl (C=O) groups is 1. The van der Waals surface area contributed by atoms with Crippen LogP contribution in [0.2, 0.25) is 0 Å². The fraction of sp³-hybridized carbons (Fsp3) is 0.208. The lowest BCUT2D eigenvalue weighted by atomic mass is 9.95. The highest BCUT2D eigenvalue weighted by Crippen LogP contribution is 2.30. The molecule has 3 aromatic rings. The van der Waals surface area contributed by atoms with Crippen LogP contribution in [0, 0.1) is 5.82 Å². The number of fused-ring (bicyclic) bond motifs is 1. The molecule has 0 saturated heterocycles. The first-order valence-corrected chi connectivity index (χ1v) is 11.6. The molecule has 1 N–H and O–H groups in total. The Balaban J connectivity index is 1.64. The van der Waals surface area contributed by atoms with Gasteiger partial charge in [-0.25, -0.2) is 12.8 Å². The van der Waals surface area contributed by atoms with Gasteiger partial charge in [0.25, 0.3) is 0 Å². The monoisotopic (exact) mass is 454 g/mol. The van der Waals surface area contributed by atoms with Gasteiger partial charge in [-0.2, -0.15) is 4.31 Å². The zero-order valence-electron chi connectivity index (χ0n) is 17.5. The van der Waals surface area contributed by atoms with Crippen LogP contribution < -0.4 is 10.1 Å². The van der Waals surface area contributed by atoms with Crippen molar-refractivity contribution < 1.29 is 22.3 Å². The summed E-state index contributed by atoms with van der Waals surface area (Å²) >= 11 is 0. The molecule has 0 spiro atoms. The third kappa shape index (κ3) is 4.37. The molecule has 8 heteroatoms. The summed E-state index contributed by atoms with van der Waals surface area (Å²) in [5, 5.41) is 2.82. The highest BCUT2D eigenvalue weighted by Gasteiger charge is 2.40. The topological polar surface area (TPSA) is 75.7 Å². The highest BCUT2D eigenvalue weighted by atomic mass is 32.2. The summed E-state index contributed by atoms with van der Waals surface area (Å²) in [4.78, 5) is 12.7. The molecule has 0 bridgehead atoms. The van der Waals surface area contributed by atoms with Crippen molar-refractivity contribution in [3.05, 3.63) is 95.3 Å². The van der Waals surface area contributed by atoms with Crippen molar-refractivity contribution in [3.8, 4) is 5.75 Å². The molecule has 4 rings (SSSR count). The number of ether oxygens (including phenoxy) is 1. The number of hydrogen-bond acceptors (Lipinski definition) is 4. The van der Waals surface area contributed by atoms with E-state index in [-0.39, 0.29) is 19.5 Å². The summed E-state index contributed by atoms with van der Waals surface area (Å²) in [5.41, 5.74) is 2.51. The van der Waals surface area contributed by atoms with Crippen LogP contribution in [0.1, 0.15) is 16.7 Å². The van der Waals surface area contributed by atoms with Gasteiger partial charge in [-0.3, -0.25) is 4.79 Å². The van der Waals surface area contributed by atoms with E-state index in [1.807, 2.05) is 36.4 Å². The normalized spacial score (nSPS) is 16.2. The van der Waals surface area contributed by atoms with Crippen molar-refractivity contribution in [1.82, 2.24) is 9.62 Å². The Bertz CT molecular complexity index is 1250. The van der Waals surface area contributed by atoms with Gasteiger partial charge in [0.05, 0.1) is 7.11 Å². The van der Waals surface area contributed by atoms with Crippen molar-refractivity contribution in [3.63, 3.8) is 0 Å². The fourth-order valence-corrected chi connectivity index (χ4v) is 5.48. The number of nitrogens with zero attached hydrogens (tertiary/aromatic N) is 1. The Morgan fingerprint density at radius 1 is 1.06 bits per heavy atom. The van der Waals surface area contributed by atoms with Crippen LogP contribution in [0.5, 0.6) is 5.75 Å². The average molecular weight is 455 g/mol. The van der Waals surface area contributed by atoms with Crippen LogP contribution in [0.4, 0.5) is 4.39 Å². The van der Waals surface area contributed by atoms with Crippen LogP contribution in [-0.2, 0) is 34.3 Å². The largest absolute Gasteiger partial charge is 0.497 e. The zero-order chi connectivity index (χ0) is 22.7. The standard InChI is InChI=1S/C24H23FN2O4S/c1-31-20-10-6-7-17(13-20)15-26-24(28)22-14-18-8-2-3-9-19(18)16-27(22)32(29,30)23-12-5-4-11-21(23)25/h2-13,22H,14-16H2,1H3,(H,26,28)/t22-/m1/s1. The Morgan fingerprint density at radius 2 is 1.78 bits per heavy atom. The molecule has 1 heterocycles. The molecule has 0 radical (unpaired) electrons. The summed E-state index contributed by atoms with van der Waals surface area (Å²) in [7, 11) is -2.69. The minimum atomic E-state index is -4.25. The summed E-state index contributed by atoms with van der Waals surface area (Å²) < 4.78 is 47.4. The van der Waals surface area contributed by atoms with E-state index in [0.29, 0.717) is 5.75 Å². The van der Waals surface area contributed by atoms with Crippen molar-refractivity contribution >= 4 is 15.9 Å². The number of methoxy groups -OCH3 is 1.